The van der Waals surface area contributed by atoms with Gasteiger partial charge in [0.05, 0.1) is 11.4 Å². The van der Waals surface area contributed by atoms with Crippen molar-refractivity contribution in [3.8, 4) is 0 Å². The Hall–Kier alpha value is -1.74. The molecule has 0 amide bonds. The highest BCUT2D eigenvalue weighted by atomic mass is 79.9. The highest BCUT2D eigenvalue weighted by Crippen LogP contribution is 2.27. The first-order chi connectivity index (χ1) is 11.6. The lowest BCUT2D eigenvalue weighted by Gasteiger charge is -2.11. The van der Waals surface area contributed by atoms with Crippen LogP contribution < -0.4 is 0 Å². The second-order valence-corrected chi connectivity index (χ2v) is 10.2. The third kappa shape index (κ3) is 3.77. The molecule has 3 rings (SSSR count). The van der Waals surface area contributed by atoms with Gasteiger partial charge in [0.15, 0.2) is 15.7 Å². The first-order valence-electron chi connectivity index (χ1n) is 7.75. The summed E-state index contributed by atoms with van der Waals surface area (Å²) in [6, 6.07) is 3.67. The summed E-state index contributed by atoms with van der Waals surface area (Å²) < 4.78 is 33.3. The summed E-state index contributed by atoms with van der Waals surface area (Å²) >= 11 is 3.38. The van der Waals surface area contributed by atoms with Crippen molar-refractivity contribution in [3.05, 3.63) is 46.4 Å². The molecule has 3 aromatic rings. The third-order valence-corrected chi connectivity index (χ3v) is 6.26. The molecule has 0 aliphatic rings. The van der Waals surface area contributed by atoms with Gasteiger partial charge in [-0.2, -0.15) is 4.98 Å². The molecule has 0 N–H and O–H groups in total. The van der Waals surface area contributed by atoms with E-state index in [9.17, 15) is 8.42 Å². The molecule has 134 valence electrons. The lowest BCUT2D eigenvalue weighted by atomic mass is 9.96. The van der Waals surface area contributed by atoms with E-state index in [0.29, 0.717) is 17.2 Å². The monoisotopic (exact) mass is 426 g/mol. The Morgan fingerprint density at radius 1 is 1.24 bits per heavy atom. The molecule has 0 unspecified atom stereocenters. The SMILES string of the molecule is C[C@H](c1nc(C(C)(C)C)no1)S(=O)(=O)Cc1cn2cc(Br)ccc2n1. The molecule has 0 radical (unpaired) electrons. The minimum atomic E-state index is -3.54. The van der Waals surface area contributed by atoms with Gasteiger partial charge < -0.3 is 8.92 Å². The fraction of sp³-hybridized carbons (Fsp3) is 0.438. The Labute approximate surface area is 154 Å². The Morgan fingerprint density at radius 2 is 1.96 bits per heavy atom. The van der Waals surface area contributed by atoms with Crippen LogP contribution in [0.5, 0.6) is 0 Å². The van der Waals surface area contributed by atoms with Gasteiger partial charge in [-0.05, 0) is 35.0 Å². The maximum Gasteiger partial charge on any atom is 0.244 e. The molecule has 0 spiro atoms. The van der Waals surface area contributed by atoms with Crippen molar-refractivity contribution >= 4 is 31.4 Å². The molecule has 0 saturated heterocycles. The molecular formula is C16H19BrN4O3S. The zero-order valence-corrected chi connectivity index (χ0v) is 16.8. The Morgan fingerprint density at radius 3 is 2.60 bits per heavy atom. The molecule has 0 bridgehead atoms. The van der Waals surface area contributed by atoms with Gasteiger partial charge in [0.1, 0.15) is 10.9 Å². The summed E-state index contributed by atoms with van der Waals surface area (Å²) in [7, 11) is -3.54. The number of nitrogens with zero attached hydrogens (tertiary/aromatic N) is 4. The van der Waals surface area contributed by atoms with Crippen molar-refractivity contribution in [2.45, 2.75) is 44.1 Å². The van der Waals surface area contributed by atoms with Crippen molar-refractivity contribution in [2.24, 2.45) is 0 Å². The summed E-state index contributed by atoms with van der Waals surface area (Å²) in [5.41, 5.74) is 0.856. The summed E-state index contributed by atoms with van der Waals surface area (Å²) in [6.07, 6.45) is 3.54. The van der Waals surface area contributed by atoms with Gasteiger partial charge in [-0.1, -0.05) is 25.9 Å². The molecule has 0 aliphatic carbocycles. The Balaban J connectivity index is 1.86. The van der Waals surface area contributed by atoms with Crippen LogP contribution in [-0.2, 0) is 21.0 Å². The van der Waals surface area contributed by atoms with Crippen molar-refractivity contribution < 1.29 is 12.9 Å². The number of fused-ring (bicyclic) bond motifs is 1. The molecule has 3 aromatic heterocycles. The lowest BCUT2D eigenvalue weighted by Crippen LogP contribution is -2.15. The molecule has 0 aliphatic heterocycles. The summed E-state index contributed by atoms with van der Waals surface area (Å²) in [4.78, 5) is 8.61. The average molecular weight is 427 g/mol. The normalized spacial score (nSPS) is 14.1. The molecule has 1 atom stereocenters. The molecule has 3 heterocycles. The molecule has 9 heteroatoms. The number of aromatic nitrogens is 4. The van der Waals surface area contributed by atoms with Crippen molar-refractivity contribution in [1.82, 2.24) is 19.5 Å². The fourth-order valence-electron chi connectivity index (χ4n) is 2.28. The van der Waals surface area contributed by atoms with Gasteiger partial charge in [0, 0.05) is 22.3 Å². The molecular weight excluding hydrogens is 408 g/mol. The van der Waals surface area contributed by atoms with E-state index in [4.69, 9.17) is 4.52 Å². The van der Waals surface area contributed by atoms with E-state index in [1.807, 2.05) is 39.1 Å². The first kappa shape index (κ1) is 18.1. The minimum absolute atomic E-state index is 0.108. The second-order valence-electron chi connectivity index (χ2n) is 7.00. The zero-order chi connectivity index (χ0) is 18.4. The highest BCUT2D eigenvalue weighted by Gasteiger charge is 2.31. The predicted octanol–water partition coefficient (Wildman–Crippen LogP) is 3.45. The number of rotatable bonds is 4. The number of halogens is 1. The molecule has 0 aromatic carbocycles. The smallest absolute Gasteiger partial charge is 0.244 e. The highest BCUT2D eigenvalue weighted by molar-refractivity contribution is 9.10. The molecule has 7 nitrogen and oxygen atoms in total. The van der Waals surface area contributed by atoms with Crippen LogP contribution in [0.3, 0.4) is 0 Å². The van der Waals surface area contributed by atoms with Crippen molar-refractivity contribution in [1.29, 1.82) is 0 Å². The number of pyridine rings is 1. The van der Waals surface area contributed by atoms with E-state index in [1.54, 1.807) is 17.5 Å². The van der Waals surface area contributed by atoms with Gasteiger partial charge in [0.2, 0.25) is 5.89 Å². The van der Waals surface area contributed by atoms with E-state index >= 15 is 0 Å². The van der Waals surface area contributed by atoms with Crippen LogP contribution in [0.2, 0.25) is 0 Å². The largest absolute Gasteiger partial charge is 0.338 e. The van der Waals surface area contributed by atoms with E-state index in [0.717, 1.165) is 4.47 Å². The van der Waals surface area contributed by atoms with Gasteiger partial charge in [-0.15, -0.1) is 0 Å². The molecule has 25 heavy (non-hydrogen) atoms. The fourth-order valence-corrected chi connectivity index (χ4v) is 3.83. The van der Waals surface area contributed by atoms with E-state index in [1.165, 1.54) is 0 Å². The standard InChI is InChI=1S/C16H19BrN4O3S/c1-10(14-19-15(20-24-14)16(2,3)4)25(22,23)9-12-8-21-7-11(17)5-6-13(21)18-12/h5-8,10H,9H2,1-4H3/t10-/m1/s1. The maximum absolute atomic E-state index is 12.7. The number of sulfone groups is 1. The first-order valence-corrected chi connectivity index (χ1v) is 10.3. The van der Waals surface area contributed by atoms with Crippen LogP contribution in [0.1, 0.15) is 50.4 Å². The van der Waals surface area contributed by atoms with Gasteiger partial charge in [-0.25, -0.2) is 13.4 Å². The minimum Gasteiger partial charge on any atom is -0.338 e. The van der Waals surface area contributed by atoms with Gasteiger partial charge in [-0.3, -0.25) is 0 Å². The van der Waals surface area contributed by atoms with Crippen LogP contribution in [-0.4, -0.2) is 27.9 Å². The van der Waals surface area contributed by atoms with Gasteiger partial charge >= 0.3 is 0 Å². The zero-order valence-electron chi connectivity index (χ0n) is 14.4. The summed E-state index contributed by atoms with van der Waals surface area (Å²) in [5.74, 6) is 0.402. The maximum atomic E-state index is 12.7. The quantitative estimate of drug-likeness (QED) is 0.634. The van der Waals surface area contributed by atoms with Crippen LogP contribution in [0.4, 0.5) is 0 Å². The Kier molecular flexibility index (Phi) is 4.48. The van der Waals surface area contributed by atoms with Crippen LogP contribution >= 0.6 is 15.9 Å². The third-order valence-electron chi connectivity index (χ3n) is 3.81. The number of imidazole rings is 1. The van der Waals surface area contributed by atoms with Crippen LogP contribution in [0.15, 0.2) is 33.5 Å². The van der Waals surface area contributed by atoms with Gasteiger partial charge in [0.25, 0.3) is 0 Å². The topological polar surface area (TPSA) is 90.4 Å². The predicted molar refractivity (Wildman–Crippen MR) is 96.9 cm³/mol. The summed E-state index contributed by atoms with van der Waals surface area (Å²) in [5, 5.41) is 3.00. The van der Waals surface area contributed by atoms with E-state index in [-0.39, 0.29) is 17.1 Å². The van der Waals surface area contributed by atoms with Crippen molar-refractivity contribution in [3.63, 3.8) is 0 Å². The second kappa shape index (κ2) is 6.21. The summed E-state index contributed by atoms with van der Waals surface area (Å²) in [6.45, 7) is 7.38. The van der Waals surface area contributed by atoms with Crippen LogP contribution in [0, 0.1) is 0 Å². The van der Waals surface area contributed by atoms with E-state index in [2.05, 4.69) is 31.1 Å². The number of hydrogen-bond acceptors (Lipinski definition) is 6. The Bertz CT molecular complexity index is 1020. The molecule has 0 fully saturated rings. The van der Waals surface area contributed by atoms with E-state index < -0.39 is 15.1 Å². The van der Waals surface area contributed by atoms with Crippen molar-refractivity contribution in [2.75, 3.05) is 0 Å². The number of hydrogen-bond donors (Lipinski definition) is 0. The lowest BCUT2D eigenvalue weighted by molar-refractivity contribution is 0.361. The molecule has 0 saturated carbocycles. The average Bonchev–Trinajstić information content (AvgIpc) is 3.11. The van der Waals surface area contributed by atoms with Crippen LogP contribution in [0.25, 0.3) is 5.65 Å².